The molecule has 0 bridgehead atoms. The summed E-state index contributed by atoms with van der Waals surface area (Å²) in [5.74, 6) is 0.0491. The van der Waals surface area contributed by atoms with Crippen molar-refractivity contribution in [3.63, 3.8) is 0 Å². The molecule has 0 spiro atoms. The van der Waals surface area contributed by atoms with Gasteiger partial charge in [0.25, 0.3) is 0 Å². The Hall–Kier alpha value is -1.88. The summed E-state index contributed by atoms with van der Waals surface area (Å²) in [7, 11) is 0. The molecule has 0 aliphatic carbocycles. The Morgan fingerprint density at radius 3 is 2.95 bits per heavy atom. The molecule has 1 saturated heterocycles. The molecule has 2 aromatic heterocycles. The van der Waals surface area contributed by atoms with E-state index in [0.717, 1.165) is 30.7 Å². The Kier molecular flexibility index (Phi) is 3.22. The Balaban J connectivity index is 2.07. The molecule has 3 rings (SSSR count). The van der Waals surface area contributed by atoms with Gasteiger partial charge in [0.1, 0.15) is 5.82 Å². The van der Waals surface area contributed by atoms with Crippen LogP contribution in [0.15, 0.2) is 24.5 Å². The van der Waals surface area contributed by atoms with Crippen LogP contribution < -0.4 is 0 Å². The summed E-state index contributed by atoms with van der Waals surface area (Å²) in [5.41, 5.74) is 1.24. The molecule has 0 radical (unpaired) electrons. The fourth-order valence-electron chi connectivity index (χ4n) is 3.07. The first-order valence-corrected chi connectivity index (χ1v) is 7.04. The van der Waals surface area contributed by atoms with E-state index in [-0.39, 0.29) is 6.04 Å². The fourth-order valence-corrected chi connectivity index (χ4v) is 3.07. The summed E-state index contributed by atoms with van der Waals surface area (Å²) in [6, 6.07) is 4.19. The van der Waals surface area contributed by atoms with Gasteiger partial charge < -0.3 is 9.51 Å². The molecule has 1 unspecified atom stereocenters. The number of pyridine rings is 1. The standard InChI is InChI=1S/C15H19N3O2/c1-10(2)17-7-3-4-13(17)14-16-8-12-6-5-11(15(19)20)9-18(12)14/h5-6,8-10,13H,3-4,7H2,1-2H3,(H,19,20). The van der Waals surface area contributed by atoms with E-state index >= 15 is 0 Å². The fraction of sp³-hybridized carbons (Fsp3) is 0.467. The highest BCUT2D eigenvalue weighted by molar-refractivity contribution is 5.87. The third-order valence-electron chi connectivity index (χ3n) is 4.06. The minimum absolute atomic E-state index is 0.279. The summed E-state index contributed by atoms with van der Waals surface area (Å²) in [5, 5.41) is 9.13. The first-order valence-electron chi connectivity index (χ1n) is 7.04. The van der Waals surface area contributed by atoms with Crippen LogP contribution in [0, 0.1) is 0 Å². The number of hydrogen-bond donors (Lipinski definition) is 1. The predicted octanol–water partition coefficient (Wildman–Crippen LogP) is 2.58. The molecule has 1 aliphatic heterocycles. The smallest absolute Gasteiger partial charge is 0.337 e. The van der Waals surface area contributed by atoms with Crippen molar-refractivity contribution < 1.29 is 9.90 Å². The second-order valence-electron chi connectivity index (χ2n) is 5.62. The van der Waals surface area contributed by atoms with Gasteiger partial charge >= 0.3 is 5.97 Å². The van der Waals surface area contributed by atoms with Crippen LogP contribution in [0.2, 0.25) is 0 Å². The van der Waals surface area contributed by atoms with Gasteiger partial charge in [-0.1, -0.05) is 0 Å². The van der Waals surface area contributed by atoms with E-state index in [1.54, 1.807) is 12.3 Å². The van der Waals surface area contributed by atoms with Gasteiger partial charge in [-0.05, 0) is 45.4 Å². The van der Waals surface area contributed by atoms with Crippen molar-refractivity contribution in [1.82, 2.24) is 14.3 Å². The highest BCUT2D eigenvalue weighted by atomic mass is 16.4. The van der Waals surface area contributed by atoms with Crippen LogP contribution in [-0.2, 0) is 0 Å². The molecular weight excluding hydrogens is 254 g/mol. The van der Waals surface area contributed by atoms with Crippen LogP contribution in [0.1, 0.15) is 48.9 Å². The molecule has 20 heavy (non-hydrogen) atoms. The first-order chi connectivity index (χ1) is 9.58. The molecule has 2 aromatic rings. The largest absolute Gasteiger partial charge is 0.478 e. The zero-order valence-electron chi connectivity index (χ0n) is 11.8. The lowest BCUT2D eigenvalue weighted by Gasteiger charge is -2.27. The van der Waals surface area contributed by atoms with Gasteiger partial charge in [0, 0.05) is 12.2 Å². The molecule has 5 heteroatoms. The highest BCUT2D eigenvalue weighted by Gasteiger charge is 2.30. The van der Waals surface area contributed by atoms with Crippen LogP contribution in [-0.4, -0.2) is 37.9 Å². The summed E-state index contributed by atoms with van der Waals surface area (Å²) < 4.78 is 1.93. The zero-order valence-corrected chi connectivity index (χ0v) is 11.8. The normalized spacial score (nSPS) is 20.1. The van der Waals surface area contributed by atoms with Crippen molar-refractivity contribution in [2.45, 2.75) is 38.8 Å². The number of aromatic carboxylic acids is 1. The quantitative estimate of drug-likeness (QED) is 0.933. The zero-order chi connectivity index (χ0) is 14.3. The number of hydrogen-bond acceptors (Lipinski definition) is 3. The van der Waals surface area contributed by atoms with Crippen molar-refractivity contribution in [3.05, 3.63) is 35.9 Å². The number of fused-ring (bicyclic) bond motifs is 1. The third kappa shape index (κ3) is 2.08. The molecule has 1 atom stereocenters. The lowest BCUT2D eigenvalue weighted by molar-refractivity contribution is 0.0696. The SMILES string of the molecule is CC(C)N1CCCC1c1ncc2ccc(C(=O)O)cn12. The minimum Gasteiger partial charge on any atom is -0.478 e. The molecule has 0 amide bonds. The molecule has 1 N–H and O–H groups in total. The summed E-state index contributed by atoms with van der Waals surface area (Å²) in [6.45, 7) is 5.46. The van der Waals surface area contributed by atoms with Crippen molar-refractivity contribution in [3.8, 4) is 0 Å². The topological polar surface area (TPSA) is 57.8 Å². The number of nitrogens with zero attached hydrogens (tertiary/aromatic N) is 3. The van der Waals surface area contributed by atoms with Gasteiger partial charge in [0.15, 0.2) is 0 Å². The summed E-state index contributed by atoms with van der Waals surface area (Å²) in [4.78, 5) is 18.1. The van der Waals surface area contributed by atoms with Crippen molar-refractivity contribution in [2.24, 2.45) is 0 Å². The molecule has 0 aromatic carbocycles. The summed E-state index contributed by atoms with van der Waals surface area (Å²) >= 11 is 0. The van der Waals surface area contributed by atoms with Gasteiger partial charge in [0.2, 0.25) is 0 Å². The lowest BCUT2D eigenvalue weighted by atomic mass is 10.2. The molecule has 106 valence electrons. The van der Waals surface area contributed by atoms with E-state index in [2.05, 4.69) is 23.7 Å². The predicted molar refractivity (Wildman–Crippen MR) is 76.0 cm³/mol. The second kappa shape index (κ2) is 4.90. The number of imidazole rings is 1. The molecule has 0 saturated carbocycles. The van der Waals surface area contributed by atoms with Crippen LogP contribution in [0.25, 0.3) is 5.52 Å². The van der Waals surface area contributed by atoms with Gasteiger partial charge in [-0.25, -0.2) is 9.78 Å². The minimum atomic E-state index is -0.904. The summed E-state index contributed by atoms with van der Waals surface area (Å²) in [6.07, 6.45) is 5.74. The van der Waals surface area contributed by atoms with Gasteiger partial charge in [-0.15, -0.1) is 0 Å². The maximum Gasteiger partial charge on any atom is 0.337 e. The number of likely N-dealkylation sites (tertiary alicyclic amines) is 1. The molecule has 5 nitrogen and oxygen atoms in total. The molecule has 1 fully saturated rings. The lowest BCUT2D eigenvalue weighted by Crippen LogP contribution is -2.31. The number of aromatic nitrogens is 2. The maximum absolute atomic E-state index is 11.1. The van der Waals surface area contributed by atoms with Crippen LogP contribution in [0.5, 0.6) is 0 Å². The Labute approximate surface area is 117 Å². The van der Waals surface area contributed by atoms with E-state index in [1.807, 2.05) is 16.7 Å². The average Bonchev–Trinajstić information content (AvgIpc) is 3.03. The third-order valence-corrected chi connectivity index (χ3v) is 4.06. The Morgan fingerprint density at radius 2 is 2.25 bits per heavy atom. The van der Waals surface area contributed by atoms with Crippen molar-refractivity contribution >= 4 is 11.5 Å². The van der Waals surface area contributed by atoms with Gasteiger partial charge in [0.05, 0.1) is 23.3 Å². The van der Waals surface area contributed by atoms with Crippen molar-refractivity contribution in [2.75, 3.05) is 6.54 Å². The highest BCUT2D eigenvalue weighted by Crippen LogP contribution is 2.33. The van der Waals surface area contributed by atoms with Crippen LogP contribution in [0.4, 0.5) is 0 Å². The monoisotopic (exact) mass is 273 g/mol. The van der Waals surface area contributed by atoms with E-state index in [9.17, 15) is 4.79 Å². The van der Waals surface area contributed by atoms with Crippen molar-refractivity contribution in [1.29, 1.82) is 0 Å². The van der Waals surface area contributed by atoms with Gasteiger partial charge in [-0.2, -0.15) is 0 Å². The number of carbonyl (C=O) groups is 1. The molecular formula is C15H19N3O2. The number of carboxylic acids is 1. The van der Waals surface area contributed by atoms with E-state index in [1.165, 1.54) is 0 Å². The Morgan fingerprint density at radius 1 is 1.45 bits per heavy atom. The second-order valence-corrected chi connectivity index (χ2v) is 5.62. The van der Waals surface area contributed by atoms with E-state index in [4.69, 9.17) is 5.11 Å². The van der Waals surface area contributed by atoms with Crippen LogP contribution in [0.3, 0.4) is 0 Å². The average molecular weight is 273 g/mol. The van der Waals surface area contributed by atoms with E-state index < -0.39 is 5.97 Å². The first kappa shape index (κ1) is 13.1. The Bertz CT molecular complexity index is 648. The number of carboxylic acid groups (broad SMARTS) is 1. The van der Waals surface area contributed by atoms with Gasteiger partial charge in [-0.3, -0.25) is 4.90 Å². The molecule has 1 aliphatic rings. The molecule has 3 heterocycles. The van der Waals surface area contributed by atoms with E-state index in [0.29, 0.717) is 11.6 Å². The van der Waals surface area contributed by atoms with Crippen LogP contribution >= 0.6 is 0 Å². The number of rotatable bonds is 3. The maximum atomic E-state index is 11.1.